The normalized spacial score (nSPS) is 13.2. The maximum Gasteiger partial charge on any atom is 0.310 e. The molecule has 4 aromatic rings. The molecule has 0 saturated carbocycles. The largest absolute Gasteiger partial charge is 0.489 e. The summed E-state index contributed by atoms with van der Waals surface area (Å²) < 4.78 is 43.7. The molecule has 2 atom stereocenters. The highest BCUT2D eigenvalue weighted by Crippen LogP contribution is 2.34. The van der Waals surface area contributed by atoms with E-state index < -0.39 is 28.1 Å². The lowest BCUT2D eigenvalue weighted by Crippen LogP contribution is -2.27. The third-order valence-corrected chi connectivity index (χ3v) is 8.97. The number of nitrogens with two attached hydrogens (primary N) is 1. The molecule has 218 valence electrons. The minimum absolute atomic E-state index is 0.0998. The van der Waals surface area contributed by atoms with Crippen LogP contribution in [0.25, 0.3) is 22.1 Å². The van der Waals surface area contributed by atoms with Gasteiger partial charge < -0.3 is 19.6 Å². The fraction of sp³-hybridized carbons (Fsp3) is 0.364. The molecular formula is C33H38FNO5S. The van der Waals surface area contributed by atoms with E-state index in [9.17, 15) is 13.4 Å². The molecule has 1 aromatic heterocycles. The zero-order chi connectivity index (χ0) is 29.6. The molecule has 4 rings (SSSR count). The van der Waals surface area contributed by atoms with Crippen LogP contribution in [0.3, 0.4) is 0 Å². The highest BCUT2D eigenvalue weighted by Gasteiger charge is 2.25. The SMILES string of the molecule is CCOC(=O)Cc1ccc(CN)cc1OCc1cc(-c2cccc(C(CF)C[S@](=O)C(C)(C)C)c2)c2occc2c1. The van der Waals surface area contributed by atoms with E-state index in [0.717, 1.165) is 38.8 Å². The van der Waals surface area contributed by atoms with Crippen LogP contribution in [0.4, 0.5) is 4.39 Å². The zero-order valence-electron chi connectivity index (χ0n) is 24.1. The third-order valence-electron chi connectivity index (χ3n) is 6.90. The molecule has 1 unspecified atom stereocenters. The van der Waals surface area contributed by atoms with Crippen molar-refractivity contribution in [2.24, 2.45) is 5.73 Å². The first-order valence-corrected chi connectivity index (χ1v) is 15.1. The summed E-state index contributed by atoms with van der Waals surface area (Å²) in [7, 11) is -1.18. The van der Waals surface area contributed by atoms with Crippen molar-refractivity contribution in [3.05, 3.63) is 89.2 Å². The number of furan rings is 1. The van der Waals surface area contributed by atoms with E-state index in [1.807, 2.05) is 81.4 Å². The van der Waals surface area contributed by atoms with Crippen LogP contribution in [0.5, 0.6) is 5.75 Å². The summed E-state index contributed by atoms with van der Waals surface area (Å²) >= 11 is 0. The molecule has 0 radical (unpaired) electrons. The van der Waals surface area contributed by atoms with Crippen molar-refractivity contribution in [1.82, 2.24) is 0 Å². The first kappa shape index (κ1) is 30.5. The number of hydrogen-bond donors (Lipinski definition) is 1. The van der Waals surface area contributed by atoms with Gasteiger partial charge in [-0.3, -0.25) is 13.4 Å². The van der Waals surface area contributed by atoms with Gasteiger partial charge in [0.2, 0.25) is 0 Å². The molecule has 0 spiro atoms. The molecule has 0 aliphatic carbocycles. The van der Waals surface area contributed by atoms with Gasteiger partial charge in [-0.1, -0.05) is 36.4 Å². The lowest BCUT2D eigenvalue weighted by atomic mass is 9.95. The van der Waals surface area contributed by atoms with Crippen molar-refractivity contribution in [3.63, 3.8) is 0 Å². The first-order valence-electron chi connectivity index (χ1n) is 13.8. The fourth-order valence-electron chi connectivity index (χ4n) is 4.60. The van der Waals surface area contributed by atoms with E-state index >= 15 is 0 Å². The number of halogens is 1. The number of rotatable bonds is 12. The standard InChI is InChI=1S/C33H38FNO5S/c1-5-38-31(36)17-26-10-9-22(19-35)15-30(26)40-20-23-13-27-11-12-39-32(27)29(14-23)25-8-6-7-24(16-25)28(18-34)21-41(37)33(2,3)4/h6-16,28H,5,17-21,35H2,1-4H3/t28?,41-/m0/s1. The maximum atomic E-state index is 14.2. The van der Waals surface area contributed by atoms with Crippen molar-refractivity contribution in [3.8, 4) is 16.9 Å². The summed E-state index contributed by atoms with van der Waals surface area (Å²) in [6.07, 6.45) is 1.74. The molecule has 1 heterocycles. The molecule has 0 fully saturated rings. The van der Waals surface area contributed by atoms with E-state index in [1.165, 1.54) is 0 Å². The van der Waals surface area contributed by atoms with Crippen LogP contribution in [0.15, 0.2) is 71.3 Å². The first-order chi connectivity index (χ1) is 19.6. The Morgan fingerprint density at radius 2 is 1.88 bits per heavy atom. The fourth-order valence-corrected chi connectivity index (χ4v) is 5.75. The predicted octanol–water partition coefficient (Wildman–Crippen LogP) is 6.84. The second-order valence-electron chi connectivity index (χ2n) is 11.0. The summed E-state index contributed by atoms with van der Waals surface area (Å²) in [5, 5.41) is 0.907. The minimum atomic E-state index is -1.18. The average molecular weight is 580 g/mol. The smallest absolute Gasteiger partial charge is 0.310 e. The molecule has 41 heavy (non-hydrogen) atoms. The molecule has 0 bridgehead atoms. The van der Waals surface area contributed by atoms with Gasteiger partial charge in [0, 0.05) is 50.3 Å². The minimum Gasteiger partial charge on any atom is -0.489 e. The van der Waals surface area contributed by atoms with Gasteiger partial charge in [-0.15, -0.1) is 0 Å². The Morgan fingerprint density at radius 1 is 1.07 bits per heavy atom. The van der Waals surface area contributed by atoms with Gasteiger partial charge in [0.05, 0.1) is 26.0 Å². The Kier molecular flexibility index (Phi) is 9.99. The summed E-state index contributed by atoms with van der Waals surface area (Å²) in [6.45, 7) is 7.80. The van der Waals surface area contributed by atoms with E-state index in [1.54, 1.807) is 13.2 Å². The highest BCUT2D eigenvalue weighted by molar-refractivity contribution is 7.86. The molecule has 0 aliphatic heterocycles. The second-order valence-corrected chi connectivity index (χ2v) is 13.2. The van der Waals surface area contributed by atoms with Gasteiger partial charge >= 0.3 is 5.97 Å². The van der Waals surface area contributed by atoms with Crippen LogP contribution < -0.4 is 10.5 Å². The van der Waals surface area contributed by atoms with E-state index in [4.69, 9.17) is 19.6 Å². The zero-order valence-corrected chi connectivity index (χ0v) is 24.9. The molecule has 2 N–H and O–H groups in total. The van der Waals surface area contributed by atoms with Gasteiger partial charge in [0.25, 0.3) is 0 Å². The quantitative estimate of drug-likeness (QED) is 0.185. The van der Waals surface area contributed by atoms with E-state index in [-0.39, 0.29) is 24.7 Å². The lowest BCUT2D eigenvalue weighted by molar-refractivity contribution is -0.142. The van der Waals surface area contributed by atoms with Crippen molar-refractivity contribution in [1.29, 1.82) is 0 Å². The van der Waals surface area contributed by atoms with Gasteiger partial charge in [0.1, 0.15) is 17.9 Å². The van der Waals surface area contributed by atoms with E-state index in [0.29, 0.717) is 24.5 Å². The molecule has 0 aliphatic rings. The topological polar surface area (TPSA) is 91.8 Å². The molecule has 0 saturated heterocycles. The van der Waals surface area contributed by atoms with Crippen molar-refractivity contribution in [2.45, 2.75) is 57.9 Å². The van der Waals surface area contributed by atoms with E-state index in [2.05, 4.69) is 0 Å². The lowest BCUT2D eigenvalue weighted by Gasteiger charge is -2.22. The van der Waals surface area contributed by atoms with Crippen LogP contribution >= 0.6 is 0 Å². The average Bonchev–Trinajstić information content (AvgIpc) is 3.43. The number of carbonyl (C=O) groups excluding carboxylic acids is 1. The van der Waals surface area contributed by atoms with Gasteiger partial charge in [0.15, 0.2) is 0 Å². The summed E-state index contributed by atoms with van der Waals surface area (Å²) in [6, 6.07) is 19.2. The Labute approximate surface area is 243 Å². The van der Waals surface area contributed by atoms with Crippen molar-refractivity contribution >= 4 is 27.7 Å². The maximum absolute atomic E-state index is 14.2. The van der Waals surface area contributed by atoms with Crippen LogP contribution in [-0.2, 0) is 39.9 Å². The summed E-state index contributed by atoms with van der Waals surface area (Å²) in [5.41, 5.74) is 11.6. The molecule has 3 aromatic carbocycles. The number of hydrogen-bond acceptors (Lipinski definition) is 6. The van der Waals surface area contributed by atoms with Gasteiger partial charge in [-0.05, 0) is 74.2 Å². The van der Waals surface area contributed by atoms with Gasteiger partial charge in [-0.25, -0.2) is 0 Å². The van der Waals surface area contributed by atoms with Crippen LogP contribution in [0.2, 0.25) is 0 Å². The number of ether oxygens (including phenoxy) is 2. The van der Waals surface area contributed by atoms with Crippen molar-refractivity contribution < 1.29 is 27.3 Å². The summed E-state index contributed by atoms with van der Waals surface area (Å²) in [5.74, 6) is 0.0391. The number of alkyl halides is 1. The predicted molar refractivity (Wildman–Crippen MR) is 162 cm³/mol. The Morgan fingerprint density at radius 3 is 2.59 bits per heavy atom. The Hall–Kier alpha value is -3.49. The Bertz CT molecular complexity index is 1520. The molecular weight excluding hydrogens is 541 g/mol. The Balaban J connectivity index is 1.64. The number of esters is 1. The van der Waals surface area contributed by atoms with Crippen molar-refractivity contribution in [2.75, 3.05) is 19.0 Å². The second kappa shape index (κ2) is 13.4. The van der Waals surface area contributed by atoms with Crippen LogP contribution in [-0.4, -0.2) is 34.0 Å². The number of benzene rings is 3. The van der Waals surface area contributed by atoms with Crippen LogP contribution in [0.1, 0.15) is 55.9 Å². The highest BCUT2D eigenvalue weighted by atomic mass is 32.2. The monoisotopic (exact) mass is 579 g/mol. The number of fused-ring (bicyclic) bond motifs is 1. The third kappa shape index (κ3) is 7.63. The molecule has 0 amide bonds. The number of carbonyl (C=O) groups is 1. The van der Waals surface area contributed by atoms with Gasteiger partial charge in [-0.2, -0.15) is 0 Å². The summed E-state index contributed by atoms with van der Waals surface area (Å²) in [4.78, 5) is 12.2. The van der Waals surface area contributed by atoms with Crippen LogP contribution in [0, 0.1) is 0 Å². The molecule has 6 nitrogen and oxygen atoms in total. The molecule has 8 heteroatoms.